The fraction of sp³-hybridized carbons (Fsp3) is 0.462. The zero-order valence-corrected chi connectivity index (χ0v) is 10.8. The van der Waals surface area contributed by atoms with Crippen molar-refractivity contribution >= 4 is 15.8 Å². The second-order valence-electron chi connectivity index (χ2n) is 4.73. The van der Waals surface area contributed by atoms with Gasteiger partial charge in [-0.05, 0) is 30.9 Å². The van der Waals surface area contributed by atoms with Crippen LogP contribution in [0.4, 0.5) is 0 Å². The highest BCUT2D eigenvalue weighted by Gasteiger charge is 2.27. The molecule has 1 aliphatic rings. The zero-order valence-electron chi connectivity index (χ0n) is 10.0. The third kappa shape index (κ3) is 2.72. The smallest absolute Gasteiger partial charge is 0.337 e. The second-order valence-corrected chi connectivity index (χ2v) is 6.74. The van der Waals surface area contributed by atoms with Crippen molar-refractivity contribution in [1.82, 2.24) is 0 Å². The normalized spacial score (nSPS) is 16.9. The summed E-state index contributed by atoms with van der Waals surface area (Å²) in [5.74, 6) is -0.949. The van der Waals surface area contributed by atoms with Crippen molar-refractivity contribution in [2.75, 3.05) is 5.75 Å². The maximum atomic E-state index is 12.3. The van der Waals surface area contributed by atoms with Crippen molar-refractivity contribution in [1.29, 1.82) is 0 Å². The summed E-state index contributed by atoms with van der Waals surface area (Å²) >= 11 is 0. The van der Waals surface area contributed by atoms with Crippen LogP contribution in [0.2, 0.25) is 0 Å². The van der Waals surface area contributed by atoms with Crippen molar-refractivity contribution in [3.63, 3.8) is 0 Å². The molecule has 0 spiro atoms. The Hall–Kier alpha value is -1.36. The maximum Gasteiger partial charge on any atom is 0.337 e. The lowest BCUT2D eigenvalue weighted by Gasteiger charge is -2.11. The van der Waals surface area contributed by atoms with Crippen molar-refractivity contribution in [2.45, 2.75) is 30.6 Å². The van der Waals surface area contributed by atoms with E-state index >= 15 is 0 Å². The van der Waals surface area contributed by atoms with Crippen LogP contribution in [0.1, 0.15) is 36.0 Å². The summed E-state index contributed by atoms with van der Waals surface area (Å²) < 4.78 is 24.5. The first kappa shape index (κ1) is 13.1. The molecular weight excluding hydrogens is 252 g/mol. The van der Waals surface area contributed by atoms with Crippen LogP contribution in [0.3, 0.4) is 0 Å². The van der Waals surface area contributed by atoms with Gasteiger partial charge in [-0.25, -0.2) is 13.2 Å². The summed E-state index contributed by atoms with van der Waals surface area (Å²) in [7, 11) is -3.50. The average molecular weight is 268 g/mol. The third-order valence-electron chi connectivity index (χ3n) is 3.38. The molecule has 1 aliphatic carbocycles. The van der Waals surface area contributed by atoms with Crippen LogP contribution in [0.25, 0.3) is 0 Å². The molecule has 2 rings (SSSR count). The molecule has 1 N–H and O–H groups in total. The minimum absolute atomic E-state index is 0.0515. The number of sulfone groups is 1. The first-order valence-corrected chi connectivity index (χ1v) is 7.71. The number of aromatic carboxylic acids is 1. The van der Waals surface area contributed by atoms with E-state index in [-0.39, 0.29) is 22.1 Å². The van der Waals surface area contributed by atoms with Gasteiger partial charge in [-0.3, -0.25) is 0 Å². The van der Waals surface area contributed by atoms with E-state index in [9.17, 15) is 13.2 Å². The number of carbonyl (C=O) groups is 1. The van der Waals surface area contributed by atoms with E-state index in [0.717, 1.165) is 25.7 Å². The molecule has 0 heterocycles. The summed E-state index contributed by atoms with van der Waals surface area (Å²) in [6.07, 6.45) is 3.99. The summed E-state index contributed by atoms with van der Waals surface area (Å²) in [4.78, 5) is 11.0. The van der Waals surface area contributed by atoms with Gasteiger partial charge >= 0.3 is 5.97 Å². The molecule has 18 heavy (non-hydrogen) atoms. The van der Waals surface area contributed by atoms with Gasteiger partial charge in [-0.2, -0.15) is 0 Å². The Labute approximate surface area is 107 Å². The van der Waals surface area contributed by atoms with Gasteiger partial charge in [0.2, 0.25) is 0 Å². The molecule has 0 atom stereocenters. The minimum Gasteiger partial charge on any atom is -0.478 e. The highest BCUT2D eigenvalue weighted by atomic mass is 32.2. The number of rotatable bonds is 4. The van der Waals surface area contributed by atoms with Crippen LogP contribution in [0, 0.1) is 5.92 Å². The number of hydrogen-bond donors (Lipinski definition) is 1. The summed E-state index contributed by atoms with van der Waals surface area (Å²) in [5, 5.41) is 9.03. The summed E-state index contributed by atoms with van der Waals surface area (Å²) in [6.45, 7) is 0. The number of benzene rings is 1. The third-order valence-corrected chi connectivity index (χ3v) is 5.32. The fourth-order valence-corrected chi connectivity index (χ4v) is 4.40. The van der Waals surface area contributed by atoms with Gasteiger partial charge < -0.3 is 5.11 Å². The summed E-state index contributed by atoms with van der Waals surface area (Å²) in [5.41, 5.74) is -0.129. The van der Waals surface area contributed by atoms with Crippen LogP contribution < -0.4 is 0 Å². The topological polar surface area (TPSA) is 71.4 Å². The lowest BCUT2D eigenvalue weighted by Crippen LogP contribution is -2.17. The van der Waals surface area contributed by atoms with E-state index in [0.29, 0.717) is 0 Å². The van der Waals surface area contributed by atoms with Crippen molar-refractivity contribution < 1.29 is 18.3 Å². The number of carboxylic acids is 1. The SMILES string of the molecule is O=C(O)c1ccccc1S(=O)(=O)CC1CCCC1. The molecule has 0 bridgehead atoms. The van der Waals surface area contributed by atoms with E-state index in [4.69, 9.17) is 5.11 Å². The Balaban J connectivity index is 2.31. The minimum atomic E-state index is -3.50. The van der Waals surface area contributed by atoms with E-state index in [2.05, 4.69) is 0 Å². The number of hydrogen-bond acceptors (Lipinski definition) is 3. The molecule has 1 saturated carbocycles. The van der Waals surface area contributed by atoms with Crippen LogP contribution in [0.15, 0.2) is 29.2 Å². The van der Waals surface area contributed by atoms with E-state index in [1.54, 1.807) is 6.07 Å². The van der Waals surface area contributed by atoms with Crippen LogP contribution in [0.5, 0.6) is 0 Å². The molecule has 0 amide bonds. The molecule has 1 aromatic rings. The van der Waals surface area contributed by atoms with Gasteiger partial charge in [0.15, 0.2) is 9.84 Å². The highest BCUT2D eigenvalue weighted by Crippen LogP contribution is 2.29. The Kier molecular flexibility index (Phi) is 3.71. The summed E-state index contributed by atoms with van der Waals surface area (Å²) in [6, 6.07) is 5.82. The lowest BCUT2D eigenvalue weighted by molar-refractivity contribution is 0.0692. The van der Waals surface area contributed by atoms with Crippen LogP contribution in [-0.4, -0.2) is 25.2 Å². The molecule has 4 nitrogen and oxygen atoms in total. The van der Waals surface area contributed by atoms with Gasteiger partial charge in [0.25, 0.3) is 0 Å². The number of carboxylic acid groups (broad SMARTS) is 1. The predicted octanol–water partition coefficient (Wildman–Crippen LogP) is 2.35. The Morgan fingerprint density at radius 2 is 1.83 bits per heavy atom. The molecule has 0 aromatic heterocycles. The fourth-order valence-electron chi connectivity index (χ4n) is 2.49. The standard InChI is InChI=1S/C13H16O4S/c14-13(15)11-7-3-4-8-12(11)18(16,17)9-10-5-1-2-6-10/h3-4,7-8,10H,1-2,5-6,9H2,(H,14,15). The Morgan fingerprint density at radius 1 is 1.22 bits per heavy atom. The van der Waals surface area contributed by atoms with E-state index < -0.39 is 15.8 Å². The van der Waals surface area contributed by atoms with Crippen molar-refractivity contribution in [2.24, 2.45) is 5.92 Å². The van der Waals surface area contributed by atoms with Crippen molar-refractivity contribution in [3.05, 3.63) is 29.8 Å². The largest absolute Gasteiger partial charge is 0.478 e. The first-order valence-electron chi connectivity index (χ1n) is 6.06. The molecular formula is C13H16O4S. The Bertz CT molecular complexity index is 542. The molecule has 0 aliphatic heterocycles. The van der Waals surface area contributed by atoms with Crippen molar-refractivity contribution in [3.8, 4) is 0 Å². The van der Waals surface area contributed by atoms with Crippen LogP contribution in [-0.2, 0) is 9.84 Å². The van der Waals surface area contributed by atoms with E-state index in [1.807, 2.05) is 0 Å². The monoisotopic (exact) mass is 268 g/mol. The maximum absolute atomic E-state index is 12.3. The Morgan fingerprint density at radius 3 is 2.44 bits per heavy atom. The molecule has 98 valence electrons. The molecule has 1 fully saturated rings. The van der Waals surface area contributed by atoms with Gasteiger partial charge in [-0.15, -0.1) is 0 Å². The van der Waals surface area contributed by atoms with Gasteiger partial charge in [0.1, 0.15) is 0 Å². The predicted molar refractivity (Wildman–Crippen MR) is 67.4 cm³/mol. The zero-order chi connectivity index (χ0) is 13.2. The molecule has 1 aromatic carbocycles. The molecule has 0 unspecified atom stereocenters. The molecule has 0 radical (unpaired) electrons. The first-order chi connectivity index (χ1) is 8.50. The van der Waals surface area contributed by atoms with Gasteiger partial charge in [-0.1, -0.05) is 25.0 Å². The highest BCUT2D eigenvalue weighted by molar-refractivity contribution is 7.91. The average Bonchev–Trinajstić information content (AvgIpc) is 2.81. The van der Waals surface area contributed by atoms with Gasteiger partial charge in [0.05, 0.1) is 16.2 Å². The van der Waals surface area contributed by atoms with Crippen LogP contribution >= 0.6 is 0 Å². The second kappa shape index (κ2) is 5.10. The van der Waals surface area contributed by atoms with Gasteiger partial charge in [0, 0.05) is 0 Å². The molecule has 5 heteroatoms. The lowest BCUT2D eigenvalue weighted by atomic mass is 10.1. The van der Waals surface area contributed by atoms with E-state index in [1.165, 1.54) is 18.2 Å². The quantitative estimate of drug-likeness (QED) is 0.909. The molecule has 0 saturated heterocycles.